The van der Waals surface area contributed by atoms with Gasteiger partial charge in [-0.05, 0) is 23.3 Å². The summed E-state index contributed by atoms with van der Waals surface area (Å²) < 4.78 is 0. The molecule has 0 aliphatic rings. The largest absolute Gasteiger partial charge is 0.272 e. The van der Waals surface area contributed by atoms with E-state index in [4.69, 9.17) is 11.6 Å². The predicted molar refractivity (Wildman–Crippen MR) is 126 cm³/mol. The van der Waals surface area contributed by atoms with Crippen molar-refractivity contribution in [2.45, 2.75) is 5.92 Å². The molecule has 0 saturated carbocycles. The number of hydrogen-bond donors (Lipinski definition) is 1. The Morgan fingerprint density at radius 2 is 1.10 bits per heavy atom. The number of hydrazone groups is 1. The van der Waals surface area contributed by atoms with Gasteiger partial charge >= 0.3 is 0 Å². The number of benzene rings is 4. The monoisotopic (exact) mass is 424 g/mol. The molecule has 4 aromatic carbocycles. The average molecular weight is 425 g/mol. The van der Waals surface area contributed by atoms with Crippen LogP contribution in [-0.2, 0) is 4.79 Å². The summed E-state index contributed by atoms with van der Waals surface area (Å²) in [4.78, 5) is 13.3. The fourth-order valence-electron chi connectivity index (χ4n) is 3.46. The van der Waals surface area contributed by atoms with Crippen LogP contribution in [0.1, 0.15) is 28.2 Å². The molecule has 0 aliphatic carbocycles. The van der Waals surface area contributed by atoms with Crippen LogP contribution >= 0.6 is 11.6 Å². The van der Waals surface area contributed by atoms with Gasteiger partial charge in [-0.15, -0.1) is 0 Å². The minimum Gasteiger partial charge on any atom is -0.272 e. The lowest BCUT2D eigenvalue weighted by molar-refractivity contribution is -0.121. The first kappa shape index (κ1) is 20.6. The van der Waals surface area contributed by atoms with E-state index in [9.17, 15) is 4.79 Å². The maximum atomic E-state index is 13.3. The highest BCUT2D eigenvalue weighted by Crippen LogP contribution is 2.25. The lowest BCUT2D eigenvalue weighted by atomic mass is 9.91. The van der Waals surface area contributed by atoms with Crippen molar-refractivity contribution in [3.63, 3.8) is 0 Å². The van der Waals surface area contributed by atoms with Crippen molar-refractivity contribution in [3.05, 3.63) is 143 Å². The summed E-state index contributed by atoms with van der Waals surface area (Å²) in [6.45, 7) is 0. The van der Waals surface area contributed by atoms with E-state index in [0.717, 1.165) is 22.3 Å². The van der Waals surface area contributed by atoms with Gasteiger partial charge in [0, 0.05) is 16.1 Å². The zero-order valence-electron chi connectivity index (χ0n) is 16.8. The number of hydrogen-bond acceptors (Lipinski definition) is 2. The standard InChI is InChI=1S/C27H21ClN2O/c28-24-18-16-23(17-19-24)26(22-14-8-3-9-15-22)29-30-27(31)25(20-10-4-1-5-11-20)21-12-6-2-7-13-21/h1-19,25H,(H,30,31)/b29-26-. The number of nitrogens with one attached hydrogen (secondary N) is 1. The highest BCUT2D eigenvalue weighted by atomic mass is 35.5. The molecule has 31 heavy (non-hydrogen) atoms. The van der Waals surface area contributed by atoms with Gasteiger partial charge in [0.1, 0.15) is 0 Å². The molecule has 0 heterocycles. The first-order valence-corrected chi connectivity index (χ1v) is 10.4. The molecule has 1 N–H and O–H groups in total. The molecule has 1 amide bonds. The molecule has 0 aliphatic heterocycles. The number of halogens is 1. The molecule has 0 spiro atoms. The van der Waals surface area contributed by atoms with Crippen LogP contribution in [0.15, 0.2) is 120 Å². The van der Waals surface area contributed by atoms with Crippen LogP contribution in [0.5, 0.6) is 0 Å². The summed E-state index contributed by atoms with van der Waals surface area (Å²) >= 11 is 6.06. The number of rotatable bonds is 6. The highest BCUT2D eigenvalue weighted by Gasteiger charge is 2.22. The maximum Gasteiger partial charge on any atom is 0.252 e. The molecule has 0 fully saturated rings. The lowest BCUT2D eigenvalue weighted by Crippen LogP contribution is -2.27. The normalized spacial score (nSPS) is 11.4. The van der Waals surface area contributed by atoms with Crippen LogP contribution in [0.4, 0.5) is 0 Å². The Morgan fingerprint density at radius 1 is 0.645 bits per heavy atom. The minimum absolute atomic E-state index is 0.195. The van der Waals surface area contributed by atoms with E-state index in [1.165, 1.54) is 0 Å². The second-order valence-corrected chi connectivity index (χ2v) is 7.50. The average Bonchev–Trinajstić information content (AvgIpc) is 2.83. The highest BCUT2D eigenvalue weighted by molar-refractivity contribution is 6.30. The zero-order valence-corrected chi connectivity index (χ0v) is 17.5. The van der Waals surface area contributed by atoms with E-state index in [1.807, 2.05) is 115 Å². The smallest absolute Gasteiger partial charge is 0.252 e. The molecule has 152 valence electrons. The van der Waals surface area contributed by atoms with Crippen LogP contribution < -0.4 is 5.43 Å². The Labute approximate surface area is 187 Å². The third-order valence-electron chi connectivity index (χ3n) is 4.97. The fourth-order valence-corrected chi connectivity index (χ4v) is 3.59. The molecule has 0 aromatic heterocycles. The van der Waals surface area contributed by atoms with Crippen molar-refractivity contribution in [1.29, 1.82) is 0 Å². The molecule has 0 saturated heterocycles. The second kappa shape index (κ2) is 9.88. The SMILES string of the molecule is O=C(N/N=C(/c1ccccc1)c1ccc(Cl)cc1)C(c1ccccc1)c1ccccc1. The Hall–Kier alpha value is -3.69. The Kier molecular flexibility index (Phi) is 6.56. The van der Waals surface area contributed by atoms with Crippen molar-refractivity contribution >= 4 is 23.2 Å². The van der Waals surface area contributed by atoms with Crippen LogP contribution in [0.2, 0.25) is 5.02 Å². The van der Waals surface area contributed by atoms with Gasteiger partial charge in [-0.1, -0.05) is 115 Å². The summed E-state index contributed by atoms with van der Waals surface area (Å²) in [5.41, 5.74) is 7.07. The molecule has 4 heteroatoms. The van der Waals surface area contributed by atoms with Crippen LogP contribution in [0, 0.1) is 0 Å². The number of amides is 1. The number of carbonyl (C=O) groups is 1. The molecule has 0 atom stereocenters. The van der Waals surface area contributed by atoms with Gasteiger partial charge < -0.3 is 0 Å². The molecule has 3 nitrogen and oxygen atoms in total. The van der Waals surface area contributed by atoms with E-state index in [-0.39, 0.29) is 5.91 Å². The Morgan fingerprint density at radius 3 is 1.61 bits per heavy atom. The van der Waals surface area contributed by atoms with Gasteiger partial charge in [-0.25, -0.2) is 5.43 Å². The fraction of sp³-hybridized carbons (Fsp3) is 0.0370. The van der Waals surface area contributed by atoms with Crippen LogP contribution in [0.3, 0.4) is 0 Å². The van der Waals surface area contributed by atoms with Gasteiger partial charge in [0.2, 0.25) is 0 Å². The molecular weight excluding hydrogens is 404 g/mol. The summed E-state index contributed by atoms with van der Waals surface area (Å²) in [5, 5.41) is 5.19. The first-order valence-electron chi connectivity index (χ1n) is 10.0. The first-order chi connectivity index (χ1) is 15.2. The van der Waals surface area contributed by atoms with E-state index < -0.39 is 5.92 Å². The number of carbonyl (C=O) groups excluding carboxylic acids is 1. The predicted octanol–water partition coefficient (Wildman–Crippen LogP) is 6.04. The summed E-state index contributed by atoms with van der Waals surface area (Å²) in [6.07, 6.45) is 0. The third kappa shape index (κ3) is 5.08. The van der Waals surface area contributed by atoms with Crippen molar-refractivity contribution in [3.8, 4) is 0 Å². The van der Waals surface area contributed by atoms with Crippen molar-refractivity contribution in [2.75, 3.05) is 0 Å². The van der Waals surface area contributed by atoms with Gasteiger partial charge in [0.05, 0.1) is 11.6 Å². The van der Waals surface area contributed by atoms with Gasteiger partial charge in [0.25, 0.3) is 5.91 Å². The molecule has 0 unspecified atom stereocenters. The number of nitrogens with zero attached hydrogens (tertiary/aromatic N) is 1. The minimum atomic E-state index is -0.464. The topological polar surface area (TPSA) is 41.5 Å². The van der Waals surface area contributed by atoms with Crippen molar-refractivity contribution in [1.82, 2.24) is 5.43 Å². The van der Waals surface area contributed by atoms with Crippen molar-refractivity contribution < 1.29 is 4.79 Å². The van der Waals surface area contributed by atoms with E-state index in [2.05, 4.69) is 10.5 Å². The molecular formula is C27H21ClN2O. The maximum absolute atomic E-state index is 13.3. The lowest BCUT2D eigenvalue weighted by Gasteiger charge is -2.17. The summed E-state index contributed by atoms with van der Waals surface area (Å²) in [6, 6.07) is 36.6. The van der Waals surface area contributed by atoms with Gasteiger partial charge in [-0.2, -0.15) is 5.10 Å². The molecule has 0 radical (unpaired) electrons. The van der Waals surface area contributed by atoms with E-state index in [0.29, 0.717) is 10.7 Å². The Balaban J connectivity index is 1.70. The van der Waals surface area contributed by atoms with E-state index >= 15 is 0 Å². The summed E-state index contributed by atoms with van der Waals surface area (Å²) in [7, 11) is 0. The molecule has 0 bridgehead atoms. The molecule has 4 aromatic rings. The van der Waals surface area contributed by atoms with Crippen LogP contribution in [-0.4, -0.2) is 11.6 Å². The van der Waals surface area contributed by atoms with Gasteiger partial charge in [0.15, 0.2) is 0 Å². The van der Waals surface area contributed by atoms with Crippen LogP contribution in [0.25, 0.3) is 0 Å². The second-order valence-electron chi connectivity index (χ2n) is 7.06. The van der Waals surface area contributed by atoms with E-state index in [1.54, 1.807) is 0 Å². The molecule has 4 rings (SSSR count). The van der Waals surface area contributed by atoms with Gasteiger partial charge in [-0.3, -0.25) is 4.79 Å². The summed E-state index contributed by atoms with van der Waals surface area (Å²) in [5.74, 6) is -0.659. The third-order valence-corrected chi connectivity index (χ3v) is 5.22. The Bertz CT molecular complexity index is 1120. The van der Waals surface area contributed by atoms with Crippen molar-refractivity contribution in [2.24, 2.45) is 5.10 Å². The zero-order chi connectivity index (χ0) is 21.5. The quantitative estimate of drug-likeness (QED) is 0.297.